The standard InChI is InChI=1S/C8H10FS/c1-10(2)8-6-4-3-5-7(8)9/h3-6,10H,1H2,2H3. The molecule has 0 aliphatic rings. The molecule has 0 nitrogen and oxygen atoms in total. The summed E-state index contributed by atoms with van der Waals surface area (Å²) in [7, 11) is -0.541. The van der Waals surface area contributed by atoms with E-state index in [9.17, 15) is 4.39 Å². The number of benzene rings is 1. The molecular weight excluding hydrogens is 147 g/mol. The summed E-state index contributed by atoms with van der Waals surface area (Å²) in [4.78, 5) is 0.748. The summed E-state index contributed by atoms with van der Waals surface area (Å²) < 4.78 is 12.8. The Bertz CT molecular complexity index is 220. The van der Waals surface area contributed by atoms with Gasteiger partial charge in [0.1, 0.15) is 5.82 Å². The van der Waals surface area contributed by atoms with Gasteiger partial charge in [0.05, 0.1) is 0 Å². The highest BCUT2D eigenvalue weighted by Gasteiger charge is 2.00. The van der Waals surface area contributed by atoms with E-state index in [2.05, 4.69) is 6.26 Å². The summed E-state index contributed by atoms with van der Waals surface area (Å²) in [6.45, 7) is 0. The maximum atomic E-state index is 12.8. The summed E-state index contributed by atoms with van der Waals surface area (Å²) in [6, 6.07) is 6.79. The second kappa shape index (κ2) is 3.06. The van der Waals surface area contributed by atoms with Gasteiger partial charge in [-0.25, -0.2) is 15.3 Å². The van der Waals surface area contributed by atoms with Crippen molar-refractivity contribution in [3.8, 4) is 0 Å². The van der Waals surface area contributed by atoms with Crippen molar-refractivity contribution >= 4 is 10.9 Å². The normalized spacial score (nSPS) is 11.3. The smallest absolute Gasteiger partial charge is 0.135 e. The van der Waals surface area contributed by atoms with Crippen LogP contribution in [-0.4, -0.2) is 6.26 Å². The summed E-state index contributed by atoms with van der Waals surface area (Å²) in [5.41, 5.74) is 0. The van der Waals surface area contributed by atoms with E-state index in [0.29, 0.717) is 0 Å². The second-order valence-corrected chi connectivity index (χ2v) is 4.03. The molecule has 1 aromatic carbocycles. The van der Waals surface area contributed by atoms with Gasteiger partial charge in [0, 0.05) is 4.90 Å². The van der Waals surface area contributed by atoms with Gasteiger partial charge in [-0.2, -0.15) is 0 Å². The van der Waals surface area contributed by atoms with Crippen molar-refractivity contribution < 1.29 is 4.39 Å². The molecule has 0 N–H and O–H groups in total. The van der Waals surface area contributed by atoms with Gasteiger partial charge in [-0.1, -0.05) is 12.1 Å². The molecule has 10 heavy (non-hydrogen) atoms. The van der Waals surface area contributed by atoms with Gasteiger partial charge in [-0.05, 0) is 24.6 Å². The minimum atomic E-state index is -0.541. The zero-order valence-electron chi connectivity index (χ0n) is 5.84. The predicted molar refractivity (Wildman–Crippen MR) is 44.9 cm³/mol. The third-order valence-electron chi connectivity index (χ3n) is 1.26. The molecule has 0 fully saturated rings. The van der Waals surface area contributed by atoms with E-state index in [4.69, 9.17) is 0 Å². The number of halogens is 1. The van der Waals surface area contributed by atoms with Crippen molar-refractivity contribution in [2.45, 2.75) is 4.90 Å². The minimum Gasteiger partial charge on any atom is -0.226 e. The van der Waals surface area contributed by atoms with Crippen LogP contribution in [0.3, 0.4) is 0 Å². The van der Waals surface area contributed by atoms with Gasteiger partial charge >= 0.3 is 0 Å². The van der Waals surface area contributed by atoms with Gasteiger partial charge in [0.25, 0.3) is 0 Å². The second-order valence-electron chi connectivity index (χ2n) is 2.15. The van der Waals surface area contributed by atoms with Crippen LogP contribution in [0.1, 0.15) is 0 Å². The Balaban J connectivity index is 3.03. The van der Waals surface area contributed by atoms with E-state index in [1.807, 2.05) is 12.3 Å². The fraction of sp³-hybridized carbons (Fsp3) is 0.125. The molecule has 1 aromatic rings. The molecule has 0 saturated heterocycles. The Labute approximate surface area is 63.4 Å². The van der Waals surface area contributed by atoms with Crippen molar-refractivity contribution in [1.82, 2.24) is 0 Å². The fourth-order valence-corrected chi connectivity index (χ4v) is 1.54. The van der Waals surface area contributed by atoms with Crippen LogP contribution in [0.5, 0.6) is 0 Å². The monoisotopic (exact) mass is 157 g/mol. The first kappa shape index (κ1) is 7.61. The summed E-state index contributed by atoms with van der Waals surface area (Å²) >= 11 is 0. The summed E-state index contributed by atoms with van der Waals surface area (Å²) in [6.07, 6.45) is 5.73. The van der Waals surface area contributed by atoms with Crippen molar-refractivity contribution in [1.29, 1.82) is 0 Å². The van der Waals surface area contributed by atoms with Crippen molar-refractivity contribution in [3.05, 3.63) is 36.3 Å². The molecule has 0 bridgehead atoms. The SMILES string of the molecule is [CH2][SH](C)c1ccccc1F. The van der Waals surface area contributed by atoms with E-state index in [0.717, 1.165) is 4.90 Å². The quantitative estimate of drug-likeness (QED) is 0.595. The maximum Gasteiger partial charge on any atom is 0.135 e. The highest BCUT2D eigenvalue weighted by Crippen LogP contribution is 2.31. The lowest BCUT2D eigenvalue weighted by atomic mass is 10.3. The Morgan fingerprint density at radius 1 is 1.40 bits per heavy atom. The molecule has 1 radical (unpaired) electrons. The van der Waals surface area contributed by atoms with Crippen LogP contribution in [0.4, 0.5) is 4.39 Å². The summed E-state index contributed by atoms with van der Waals surface area (Å²) in [5, 5.41) is 0. The van der Waals surface area contributed by atoms with Gasteiger partial charge in [-0.3, -0.25) is 0 Å². The molecule has 0 aromatic heterocycles. The zero-order chi connectivity index (χ0) is 7.56. The highest BCUT2D eigenvalue weighted by molar-refractivity contribution is 8.17. The zero-order valence-corrected chi connectivity index (χ0v) is 6.74. The number of rotatable bonds is 1. The molecule has 0 heterocycles. The topological polar surface area (TPSA) is 0 Å². The lowest BCUT2D eigenvalue weighted by molar-refractivity contribution is 0.602. The van der Waals surface area contributed by atoms with Crippen molar-refractivity contribution in [3.63, 3.8) is 0 Å². The Kier molecular flexibility index (Phi) is 2.33. The molecule has 0 spiro atoms. The van der Waals surface area contributed by atoms with Crippen LogP contribution in [0, 0.1) is 12.1 Å². The number of hydrogen-bond acceptors (Lipinski definition) is 0. The molecule has 0 aliphatic heterocycles. The van der Waals surface area contributed by atoms with Crippen molar-refractivity contribution in [2.75, 3.05) is 6.26 Å². The first-order valence-corrected chi connectivity index (χ1v) is 4.98. The van der Waals surface area contributed by atoms with E-state index < -0.39 is 10.9 Å². The first-order valence-electron chi connectivity index (χ1n) is 3.00. The van der Waals surface area contributed by atoms with Gasteiger partial charge in [0.2, 0.25) is 0 Å². The minimum absolute atomic E-state index is 0.133. The van der Waals surface area contributed by atoms with E-state index in [1.54, 1.807) is 12.1 Å². The Morgan fingerprint density at radius 2 is 2.00 bits per heavy atom. The highest BCUT2D eigenvalue weighted by atomic mass is 32.2. The first-order chi connectivity index (χ1) is 4.72. The van der Waals surface area contributed by atoms with Crippen LogP contribution in [-0.2, 0) is 0 Å². The third-order valence-corrected chi connectivity index (χ3v) is 2.45. The maximum absolute atomic E-state index is 12.8. The molecule has 2 heteroatoms. The van der Waals surface area contributed by atoms with E-state index >= 15 is 0 Å². The molecule has 55 valence electrons. The van der Waals surface area contributed by atoms with Gasteiger partial charge in [-0.15, -0.1) is 0 Å². The molecule has 1 rings (SSSR count). The fourth-order valence-electron chi connectivity index (χ4n) is 0.761. The largest absolute Gasteiger partial charge is 0.226 e. The van der Waals surface area contributed by atoms with Crippen LogP contribution >= 0.6 is 10.9 Å². The molecular formula is C8H10FS. The number of hydrogen-bond donors (Lipinski definition) is 1. The average molecular weight is 157 g/mol. The molecule has 1 atom stereocenters. The van der Waals surface area contributed by atoms with Crippen LogP contribution in [0.15, 0.2) is 29.2 Å². The Morgan fingerprint density at radius 3 is 2.40 bits per heavy atom. The van der Waals surface area contributed by atoms with Crippen LogP contribution in [0.2, 0.25) is 0 Å². The number of thiol groups is 1. The molecule has 1 unspecified atom stereocenters. The Hall–Kier alpha value is -0.500. The summed E-state index contributed by atoms with van der Waals surface area (Å²) in [5.74, 6) is -0.133. The van der Waals surface area contributed by atoms with Gasteiger partial charge in [0.15, 0.2) is 0 Å². The van der Waals surface area contributed by atoms with E-state index in [1.165, 1.54) is 6.07 Å². The molecule has 0 amide bonds. The average Bonchev–Trinajstić information content (AvgIpc) is 1.88. The lowest BCUT2D eigenvalue weighted by Crippen LogP contribution is -1.81. The molecule has 0 aliphatic carbocycles. The van der Waals surface area contributed by atoms with E-state index in [-0.39, 0.29) is 5.82 Å². The van der Waals surface area contributed by atoms with Crippen LogP contribution < -0.4 is 0 Å². The third kappa shape index (κ3) is 1.51. The predicted octanol–water partition coefficient (Wildman–Crippen LogP) is 2.61. The lowest BCUT2D eigenvalue weighted by Gasteiger charge is -2.08. The van der Waals surface area contributed by atoms with Crippen LogP contribution in [0.25, 0.3) is 0 Å². The molecule has 0 saturated carbocycles. The van der Waals surface area contributed by atoms with Gasteiger partial charge < -0.3 is 0 Å². The van der Waals surface area contributed by atoms with Crippen molar-refractivity contribution in [2.24, 2.45) is 0 Å².